The number of nitrogens with zero attached hydrogens (tertiary/aromatic N) is 1. The van der Waals surface area contributed by atoms with E-state index in [4.69, 9.17) is 4.99 Å². The van der Waals surface area contributed by atoms with Crippen LogP contribution in [0.3, 0.4) is 0 Å². The molecule has 0 unspecified atom stereocenters. The van der Waals surface area contributed by atoms with Crippen LogP contribution in [0.15, 0.2) is 23.2 Å². The van der Waals surface area contributed by atoms with E-state index in [0.29, 0.717) is 17.9 Å². The first kappa shape index (κ1) is 19.4. The second-order valence-corrected chi connectivity index (χ2v) is 8.32. The van der Waals surface area contributed by atoms with Gasteiger partial charge in [0, 0.05) is 5.69 Å². The number of anilines is 1. The van der Waals surface area contributed by atoms with E-state index in [9.17, 15) is 0 Å². The lowest BCUT2D eigenvalue weighted by Crippen LogP contribution is -2.16. The Morgan fingerprint density at radius 2 is 1.54 bits per heavy atom. The number of aliphatic imine (C=N–C) groups is 1. The fourth-order valence-corrected chi connectivity index (χ4v) is 3.95. The third-order valence-electron chi connectivity index (χ3n) is 4.92. The molecule has 1 aromatic rings. The van der Waals surface area contributed by atoms with Crippen LogP contribution in [-0.4, -0.2) is 17.5 Å². The standard InChI is InChI=1S/C21H34N2S/c1-15(2)18-13-10-14-19(16(3)4)20(18)23-21(24-5)22-17-11-8-6-7-9-12-17/h10,13-17H,6-9,11-12H2,1-5H3,(H,22,23). The number of hydrogen-bond acceptors (Lipinski definition) is 2. The Balaban J connectivity index is 2.29. The van der Waals surface area contributed by atoms with Gasteiger partial charge in [-0.15, -0.1) is 0 Å². The minimum atomic E-state index is 0.496. The molecule has 0 spiro atoms. The molecule has 1 aliphatic carbocycles. The van der Waals surface area contributed by atoms with Crippen molar-refractivity contribution in [3.8, 4) is 0 Å². The molecule has 0 aromatic heterocycles. The number of hydrogen-bond donors (Lipinski definition) is 1. The van der Waals surface area contributed by atoms with Gasteiger partial charge < -0.3 is 5.32 Å². The topological polar surface area (TPSA) is 24.4 Å². The average molecular weight is 347 g/mol. The van der Waals surface area contributed by atoms with Crippen molar-refractivity contribution < 1.29 is 0 Å². The Kier molecular flexibility index (Phi) is 7.67. The highest BCUT2D eigenvalue weighted by Gasteiger charge is 2.17. The fraction of sp³-hybridized carbons (Fsp3) is 0.667. The van der Waals surface area contributed by atoms with Crippen molar-refractivity contribution in [2.45, 2.75) is 84.1 Å². The van der Waals surface area contributed by atoms with Gasteiger partial charge in [0.2, 0.25) is 0 Å². The molecule has 0 radical (unpaired) electrons. The zero-order valence-electron chi connectivity index (χ0n) is 16.1. The molecule has 1 fully saturated rings. The van der Waals surface area contributed by atoms with Crippen LogP contribution in [0.5, 0.6) is 0 Å². The maximum atomic E-state index is 5.08. The zero-order chi connectivity index (χ0) is 17.5. The molecule has 3 heteroatoms. The predicted molar refractivity (Wildman–Crippen MR) is 111 cm³/mol. The van der Waals surface area contributed by atoms with E-state index in [0.717, 1.165) is 5.17 Å². The van der Waals surface area contributed by atoms with Crippen molar-refractivity contribution in [2.24, 2.45) is 4.99 Å². The molecule has 2 nitrogen and oxygen atoms in total. The number of rotatable bonds is 4. The monoisotopic (exact) mass is 346 g/mol. The highest BCUT2D eigenvalue weighted by Crippen LogP contribution is 2.33. The molecule has 1 aliphatic rings. The summed E-state index contributed by atoms with van der Waals surface area (Å²) in [5, 5.41) is 4.79. The molecule has 0 bridgehead atoms. The largest absolute Gasteiger partial charge is 0.335 e. The number of para-hydroxylation sites is 1. The lowest BCUT2D eigenvalue weighted by Gasteiger charge is -2.22. The van der Waals surface area contributed by atoms with Gasteiger partial charge in [0.25, 0.3) is 0 Å². The maximum Gasteiger partial charge on any atom is 0.161 e. The van der Waals surface area contributed by atoms with Gasteiger partial charge in [-0.1, -0.05) is 83.3 Å². The molecule has 0 aliphatic heterocycles. The Morgan fingerprint density at radius 1 is 1.00 bits per heavy atom. The van der Waals surface area contributed by atoms with Crippen molar-refractivity contribution in [1.29, 1.82) is 0 Å². The van der Waals surface area contributed by atoms with Gasteiger partial charge in [0.05, 0.1) is 6.04 Å². The van der Waals surface area contributed by atoms with Gasteiger partial charge in [-0.2, -0.15) is 0 Å². The normalized spacial score (nSPS) is 17.4. The van der Waals surface area contributed by atoms with Crippen LogP contribution in [0.25, 0.3) is 0 Å². The fourth-order valence-electron chi connectivity index (χ4n) is 3.49. The predicted octanol–water partition coefficient (Wildman–Crippen LogP) is 6.79. The van der Waals surface area contributed by atoms with Gasteiger partial charge in [0.1, 0.15) is 0 Å². The number of benzene rings is 1. The summed E-state index contributed by atoms with van der Waals surface area (Å²) in [5.74, 6) is 1.01. The lowest BCUT2D eigenvalue weighted by atomic mass is 9.93. The van der Waals surface area contributed by atoms with E-state index in [2.05, 4.69) is 57.5 Å². The maximum absolute atomic E-state index is 5.08. The van der Waals surface area contributed by atoms with Crippen LogP contribution >= 0.6 is 11.8 Å². The lowest BCUT2D eigenvalue weighted by molar-refractivity contribution is 0.587. The van der Waals surface area contributed by atoms with Gasteiger partial charge in [-0.25, -0.2) is 0 Å². The summed E-state index contributed by atoms with van der Waals surface area (Å²) in [6, 6.07) is 7.19. The Hall–Kier alpha value is -0.960. The Morgan fingerprint density at radius 3 is 2.00 bits per heavy atom. The third-order valence-corrected chi connectivity index (χ3v) is 5.52. The zero-order valence-corrected chi connectivity index (χ0v) is 16.9. The van der Waals surface area contributed by atoms with Gasteiger partial charge in [-0.05, 0) is 42.1 Å². The molecule has 24 heavy (non-hydrogen) atoms. The van der Waals surface area contributed by atoms with E-state index in [1.165, 1.54) is 55.3 Å². The van der Waals surface area contributed by atoms with Crippen molar-refractivity contribution in [2.75, 3.05) is 11.6 Å². The van der Waals surface area contributed by atoms with Gasteiger partial charge >= 0.3 is 0 Å². The molecule has 1 aromatic carbocycles. The van der Waals surface area contributed by atoms with Crippen molar-refractivity contribution in [3.63, 3.8) is 0 Å². The Bertz CT molecular complexity index is 515. The summed E-state index contributed by atoms with van der Waals surface area (Å²) in [4.78, 5) is 5.08. The van der Waals surface area contributed by atoms with E-state index in [-0.39, 0.29) is 0 Å². The second kappa shape index (κ2) is 9.50. The summed E-state index contributed by atoms with van der Waals surface area (Å²) in [7, 11) is 0. The van der Waals surface area contributed by atoms with Crippen LogP contribution in [0.4, 0.5) is 5.69 Å². The molecule has 1 saturated carbocycles. The quantitative estimate of drug-likeness (QED) is 0.369. The van der Waals surface area contributed by atoms with Crippen LogP contribution in [-0.2, 0) is 0 Å². The molecule has 0 heterocycles. The summed E-state index contributed by atoms with van der Waals surface area (Å²) < 4.78 is 0. The molecular weight excluding hydrogens is 312 g/mol. The number of amidine groups is 1. The number of thioether (sulfide) groups is 1. The molecule has 0 amide bonds. The van der Waals surface area contributed by atoms with Crippen LogP contribution < -0.4 is 5.32 Å². The minimum absolute atomic E-state index is 0.496. The SMILES string of the molecule is CSC(=NC1CCCCCC1)Nc1c(C(C)C)cccc1C(C)C. The molecule has 2 rings (SSSR count). The van der Waals surface area contributed by atoms with Crippen LogP contribution in [0, 0.1) is 0 Å². The first-order valence-electron chi connectivity index (χ1n) is 9.54. The molecule has 0 atom stereocenters. The first-order valence-corrected chi connectivity index (χ1v) is 10.8. The second-order valence-electron chi connectivity index (χ2n) is 7.53. The summed E-state index contributed by atoms with van der Waals surface area (Å²) in [5.41, 5.74) is 4.07. The van der Waals surface area contributed by atoms with Crippen molar-refractivity contribution in [3.05, 3.63) is 29.3 Å². The summed E-state index contributed by atoms with van der Waals surface area (Å²) >= 11 is 1.74. The highest BCUT2D eigenvalue weighted by molar-refractivity contribution is 8.13. The van der Waals surface area contributed by atoms with Crippen LogP contribution in [0.1, 0.15) is 89.2 Å². The number of nitrogens with one attached hydrogen (secondary N) is 1. The smallest absolute Gasteiger partial charge is 0.161 e. The van der Waals surface area contributed by atoms with Gasteiger partial charge in [0.15, 0.2) is 5.17 Å². The van der Waals surface area contributed by atoms with Crippen LogP contribution in [0.2, 0.25) is 0 Å². The summed E-state index contributed by atoms with van der Waals surface area (Å²) in [6.07, 6.45) is 10.0. The molecular formula is C21H34N2S. The van der Waals surface area contributed by atoms with E-state index >= 15 is 0 Å². The molecule has 134 valence electrons. The molecule has 1 N–H and O–H groups in total. The Labute approximate surface area is 152 Å². The minimum Gasteiger partial charge on any atom is -0.335 e. The summed E-state index contributed by atoms with van der Waals surface area (Å²) in [6.45, 7) is 9.08. The average Bonchev–Trinajstić information content (AvgIpc) is 2.82. The van der Waals surface area contributed by atoms with Crippen molar-refractivity contribution >= 4 is 22.6 Å². The third kappa shape index (κ3) is 5.27. The van der Waals surface area contributed by atoms with Gasteiger partial charge in [-0.3, -0.25) is 4.99 Å². The van der Waals surface area contributed by atoms with E-state index < -0.39 is 0 Å². The molecule has 0 saturated heterocycles. The first-order chi connectivity index (χ1) is 11.5. The van der Waals surface area contributed by atoms with Crippen molar-refractivity contribution in [1.82, 2.24) is 0 Å². The van der Waals surface area contributed by atoms with E-state index in [1.807, 2.05) is 0 Å². The van der Waals surface area contributed by atoms with E-state index in [1.54, 1.807) is 11.8 Å². The highest BCUT2D eigenvalue weighted by atomic mass is 32.2.